The summed E-state index contributed by atoms with van der Waals surface area (Å²) in [6.45, 7) is 0. The van der Waals surface area contributed by atoms with Crippen molar-refractivity contribution < 1.29 is 4.42 Å². The Bertz CT molecular complexity index is 371. The fraction of sp³-hybridized carbons (Fsp3) is 0.143. The summed E-state index contributed by atoms with van der Waals surface area (Å²) < 4.78 is 5.13. The highest BCUT2D eigenvalue weighted by molar-refractivity contribution is 6.17. The number of aromatic nitrogens is 2. The summed E-state index contributed by atoms with van der Waals surface area (Å²) in [6.07, 6.45) is 3.06. The summed E-state index contributed by atoms with van der Waals surface area (Å²) >= 11 is 5.61. The molecule has 56 valence electrons. The maximum absolute atomic E-state index is 5.61. The molecule has 3 nitrogen and oxygen atoms in total. The molecule has 0 aliphatic carbocycles. The van der Waals surface area contributed by atoms with Crippen LogP contribution in [0.1, 0.15) is 5.69 Å². The molecule has 0 amide bonds. The summed E-state index contributed by atoms with van der Waals surface area (Å²) in [6, 6.07) is 1.78. The average Bonchev–Trinajstić information content (AvgIpc) is 2.50. The molecule has 0 saturated heterocycles. The van der Waals surface area contributed by atoms with Crippen LogP contribution in [0.15, 0.2) is 23.1 Å². The van der Waals surface area contributed by atoms with Crippen LogP contribution in [-0.2, 0) is 5.88 Å². The van der Waals surface area contributed by atoms with Crippen LogP contribution in [0.25, 0.3) is 11.1 Å². The van der Waals surface area contributed by atoms with Crippen LogP contribution in [0, 0.1) is 0 Å². The predicted octanol–water partition coefficient (Wildman–Crippen LogP) is 1.96. The van der Waals surface area contributed by atoms with Gasteiger partial charge in [0.15, 0.2) is 5.58 Å². The quantitative estimate of drug-likeness (QED) is 0.611. The Kier molecular flexibility index (Phi) is 1.51. The van der Waals surface area contributed by atoms with Gasteiger partial charge in [-0.25, -0.2) is 9.97 Å². The van der Waals surface area contributed by atoms with Crippen molar-refractivity contribution in [2.45, 2.75) is 5.88 Å². The van der Waals surface area contributed by atoms with E-state index < -0.39 is 0 Å². The lowest BCUT2D eigenvalue weighted by Crippen LogP contribution is -1.86. The van der Waals surface area contributed by atoms with Crippen LogP contribution in [0.2, 0.25) is 0 Å². The molecule has 0 aliphatic rings. The SMILES string of the molecule is ClCc1ncnc2ccoc12. The monoisotopic (exact) mass is 168 g/mol. The van der Waals surface area contributed by atoms with Gasteiger partial charge >= 0.3 is 0 Å². The Labute approximate surface area is 68.0 Å². The van der Waals surface area contributed by atoms with Crippen molar-refractivity contribution in [2.75, 3.05) is 0 Å². The summed E-state index contributed by atoms with van der Waals surface area (Å²) in [4.78, 5) is 7.95. The third kappa shape index (κ3) is 0.973. The summed E-state index contributed by atoms with van der Waals surface area (Å²) in [5.41, 5.74) is 2.22. The second-order valence-corrected chi connectivity index (χ2v) is 2.36. The Hall–Kier alpha value is -1.09. The molecule has 2 aromatic rings. The van der Waals surface area contributed by atoms with Crippen LogP contribution in [-0.4, -0.2) is 9.97 Å². The van der Waals surface area contributed by atoms with E-state index in [4.69, 9.17) is 16.0 Å². The highest BCUT2D eigenvalue weighted by atomic mass is 35.5. The lowest BCUT2D eigenvalue weighted by atomic mass is 10.4. The molecule has 2 heterocycles. The largest absolute Gasteiger partial charge is 0.461 e. The van der Waals surface area contributed by atoms with Crippen molar-refractivity contribution in [3.8, 4) is 0 Å². The summed E-state index contributed by atoms with van der Waals surface area (Å²) in [5.74, 6) is 0.354. The molecule has 0 atom stereocenters. The van der Waals surface area contributed by atoms with Crippen molar-refractivity contribution in [2.24, 2.45) is 0 Å². The lowest BCUT2D eigenvalue weighted by Gasteiger charge is -1.92. The minimum Gasteiger partial charge on any atom is -0.461 e. The second-order valence-electron chi connectivity index (χ2n) is 2.09. The smallest absolute Gasteiger partial charge is 0.174 e. The van der Waals surface area contributed by atoms with Gasteiger partial charge < -0.3 is 4.42 Å². The molecule has 0 bridgehead atoms. The van der Waals surface area contributed by atoms with Gasteiger partial charge in [-0.15, -0.1) is 11.6 Å². The van der Waals surface area contributed by atoms with E-state index in [0.717, 1.165) is 11.2 Å². The third-order valence-corrected chi connectivity index (χ3v) is 1.70. The normalized spacial score (nSPS) is 10.6. The Morgan fingerprint density at radius 1 is 1.45 bits per heavy atom. The van der Waals surface area contributed by atoms with Gasteiger partial charge in [0.05, 0.1) is 12.1 Å². The minimum absolute atomic E-state index is 0.354. The molecule has 11 heavy (non-hydrogen) atoms. The van der Waals surface area contributed by atoms with E-state index in [1.807, 2.05) is 0 Å². The molecule has 0 saturated carbocycles. The zero-order valence-corrected chi connectivity index (χ0v) is 6.38. The van der Waals surface area contributed by atoms with Crippen molar-refractivity contribution in [1.29, 1.82) is 0 Å². The zero-order chi connectivity index (χ0) is 7.68. The fourth-order valence-electron chi connectivity index (χ4n) is 0.935. The Morgan fingerprint density at radius 2 is 2.36 bits per heavy atom. The molecule has 0 N–H and O–H groups in total. The summed E-state index contributed by atoms with van der Waals surface area (Å²) in [7, 11) is 0. The standard InChI is InChI=1S/C7H5ClN2O/c8-3-6-7-5(1-2-11-7)9-4-10-6/h1-2,4H,3H2. The lowest BCUT2D eigenvalue weighted by molar-refractivity contribution is 0.609. The van der Waals surface area contributed by atoms with E-state index in [2.05, 4.69) is 9.97 Å². The first kappa shape index (κ1) is 6.61. The van der Waals surface area contributed by atoms with E-state index in [1.54, 1.807) is 12.3 Å². The van der Waals surface area contributed by atoms with E-state index >= 15 is 0 Å². The highest BCUT2D eigenvalue weighted by Gasteiger charge is 2.03. The Balaban J connectivity index is 2.79. The molecule has 0 aliphatic heterocycles. The molecular weight excluding hydrogens is 164 g/mol. The fourth-order valence-corrected chi connectivity index (χ4v) is 1.13. The number of hydrogen-bond acceptors (Lipinski definition) is 3. The van der Waals surface area contributed by atoms with Gasteiger partial charge in [-0.2, -0.15) is 0 Å². The first-order valence-corrected chi connectivity index (χ1v) is 3.68. The van der Waals surface area contributed by atoms with Gasteiger partial charge in [0.2, 0.25) is 0 Å². The molecular formula is C7H5ClN2O. The number of alkyl halides is 1. The second kappa shape index (κ2) is 2.51. The average molecular weight is 169 g/mol. The molecule has 0 spiro atoms. The van der Waals surface area contributed by atoms with Gasteiger partial charge in [-0.05, 0) is 0 Å². The molecule has 0 fully saturated rings. The maximum Gasteiger partial charge on any atom is 0.174 e. The Morgan fingerprint density at radius 3 is 3.18 bits per heavy atom. The van der Waals surface area contributed by atoms with Gasteiger partial charge in [-0.1, -0.05) is 0 Å². The van der Waals surface area contributed by atoms with Crippen molar-refractivity contribution in [3.05, 3.63) is 24.4 Å². The van der Waals surface area contributed by atoms with Crippen LogP contribution < -0.4 is 0 Å². The highest BCUT2D eigenvalue weighted by Crippen LogP contribution is 2.16. The van der Waals surface area contributed by atoms with Crippen LogP contribution in [0.4, 0.5) is 0 Å². The molecule has 2 aromatic heterocycles. The van der Waals surface area contributed by atoms with Gasteiger partial charge in [-0.3, -0.25) is 0 Å². The number of furan rings is 1. The van der Waals surface area contributed by atoms with Crippen LogP contribution in [0.3, 0.4) is 0 Å². The van der Waals surface area contributed by atoms with Crippen molar-refractivity contribution in [3.63, 3.8) is 0 Å². The van der Waals surface area contributed by atoms with Crippen molar-refractivity contribution in [1.82, 2.24) is 9.97 Å². The molecule has 0 radical (unpaired) electrons. The first-order chi connectivity index (χ1) is 5.42. The van der Waals surface area contributed by atoms with E-state index in [-0.39, 0.29) is 0 Å². The van der Waals surface area contributed by atoms with Gasteiger partial charge in [0.25, 0.3) is 0 Å². The van der Waals surface area contributed by atoms with Crippen LogP contribution >= 0.6 is 11.6 Å². The summed E-state index contributed by atoms with van der Waals surface area (Å²) in [5, 5.41) is 0. The predicted molar refractivity (Wildman–Crippen MR) is 41.4 cm³/mol. The number of rotatable bonds is 1. The third-order valence-electron chi connectivity index (χ3n) is 1.44. The van der Waals surface area contributed by atoms with E-state index in [0.29, 0.717) is 11.5 Å². The molecule has 0 aromatic carbocycles. The number of fused-ring (bicyclic) bond motifs is 1. The van der Waals surface area contributed by atoms with E-state index in [1.165, 1.54) is 6.33 Å². The molecule has 4 heteroatoms. The van der Waals surface area contributed by atoms with Gasteiger partial charge in [0.1, 0.15) is 17.5 Å². The van der Waals surface area contributed by atoms with Crippen LogP contribution in [0.5, 0.6) is 0 Å². The zero-order valence-electron chi connectivity index (χ0n) is 5.62. The number of hydrogen-bond donors (Lipinski definition) is 0. The minimum atomic E-state index is 0.354. The topological polar surface area (TPSA) is 38.9 Å². The first-order valence-electron chi connectivity index (χ1n) is 3.15. The number of halogens is 1. The van der Waals surface area contributed by atoms with Crippen molar-refractivity contribution >= 4 is 22.7 Å². The number of nitrogens with zero attached hydrogens (tertiary/aromatic N) is 2. The van der Waals surface area contributed by atoms with Gasteiger partial charge in [0, 0.05) is 6.07 Å². The molecule has 0 unspecified atom stereocenters. The molecule has 2 rings (SSSR count). The van der Waals surface area contributed by atoms with E-state index in [9.17, 15) is 0 Å². The maximum atomic E-state index is 5.61.